The number of rotatable bonds is 5. The molecule has 0 saturated carbocycles. The highest BCUT2D eigenvalue weighted by Crippen LogP contribution is 2.26. The number of aryl methyl sites for hydroxylation is 2. The first-order valence-corrected chi connectivity index (χ1v) is 8.93. The SMILES string of the molecule is CCN(CC)c1ncc2c(n1)CCC(C(=O)Nc1cnccc1C)C2. The Morgan fingerprint density at radius 2 is 2.12 bits per heavy atom. The molecule has 0 aromatic carbocycles. The fourth-order valence-corrected chi connectivity index (χ4v) is 3.21. The van der Waals surface area contributed by atoms with E-state index in [1.807, 2.05) is 19.2 Å². The summed E-state index contributed by atoms with van der Waals surface area (Å²) in [5, 5.41) is 3.01. The Labute approximate surface area is 148 Å². The van der Waals surface area contributed by atoms with Crippen molar-refractivity contribution in [3.8, 4) is 0 Å². The number of amides is 1. The summed E-state index contributed by atoms with van der Waals surface area (Å²) in [6, 6.07) is 1.90. The van der Waals surface area contributed by atoms with Gasteiger partial charge in [0.05, 0.1) is 11.9 Å². The maximum Gasteiger partial charge on any atom is 0.227 e. The van der Waals surface area contributed by atoms with Gasteiger partial charge in [0.15, 0.2) is 0 Å². The van der Waals surface area contributed by atoms with Crippen LogP contribution in [0.1, 0.15) is 37.1 Å². The van der Waals surface area contributed by atoms with Gasteiger partial charge in [-0.15, -0.1) is 0 Å². The van der Waals surface area contributed by atoms with Gasteiger partial charge in [0, 0.05) is 37.1 Å². The Bertz CT molecular complexity index is 757. The molecular weight excluding hydrogens is 314 g/mol. The maximum absolute atomic E-state index is 12.6. The van der Waals surface area contributed by atoms with Gasteiger partial charge in [-0.2, -0.15) is 0 Å². The van der Waals surface area contributed by atoms with Crippen LogP contribution in [0.4, 0.5) is 11.6 Å². The van der Waals surface area contributed by atoms with Crippen LogP contribution in [0.15, 0.2) is 24.7 Å². The van der Waals surface area contributed by atoms with Gasteiger partial charge in [0.2, 0.25) is 11.9 Å². The Morgan fingerprint density at radius 3 is 2.84 bits per heavy atom. The molecule has 6 nitrogen and oxygen atoms in total. The lowest BCUT2D eigenvalue weighted by molar-refractivity contribution is -0.120. The van der Waals surface area contributed by atoms with Crippen molar-refractivity contribution in [2.24, 2.45) is 5.92 Å². The third-order valence-corrected chi connectivity index (χ3v) is 4.85. The van der Waals surface area contributed by atoms with E-state index < -0.39 is 0 Å². The van der Waals surface area contributed by atoms with E-state index in [2.05, 4.69) is 34.0 Å². The van der Waals surface area contributed by atoms with E-state index in [1.54, 1.807) is 12.4 Å². The molecule has 25 heavy (non-hydrogen) atoms. The van der Waals surface area contributed by atoms with Crippen LogP contribution in [0.5, 0.6) is 0 Å². The van der Waals surface area contributed by atoms with Gasteiger partial charge in [-0.25, -0.2) is 9.97 Å². The first kappa shape index (κ1) is 17.3. The lowest BCUT2D eigenvalue weighted by Crippen LogP contribution is -2.30. The van der Waals surface area contributed by atoms with Crippen molar-refractivity contribution in [2.75, 3.05) is 23.3 Å². The van der Waals surface area contributed by atoms with Crippen molar-refractivity contribution in [2.45, 2.75) is 40.0 Å². The maximum atomic E-state index is 12.6. The number of hydrogen-bond donors (Lipinski definition) is 1. The van der Waals surface area contributed by atoms with Gasteiger partial charge in [-0.3, -0.25) is 9.78 Å². The molecule has 132 valence electrons. The summed E-state index contributed by atoms with van der Waals surface area (Å²) < 4.78 is 0. The second-order valence-electron chi connectivity index (χ2n) is 6.43. The molecule has 2 heterocycles. The molecule has 1 aliphatic rings. The molecule has 0 spiro atoms. The lowest BCUT2D eigenvalue weighted by Gasteiger charge is -2.25. The number of nitrogens with one attached hydrogen (secondary N) is 1. The smallest absolute Gasteiger partial charge is 0.227 e. The van der Waals surface area contributed by atoms with Gasteiger partial charge in [-0.05, 0) is 57.2 Å². The van der Waals surface area contributed by atoms with Gasteiger partial charge in [-0.1, -0.05) is 0 Å². The van der Waals surface area contributed by atoms with Crippen LogP contribution in [0.25, 0.3) is 0 Å². The highest BCUT2D eigenvalue weighted by molar-refractivity contribution is 5.93. The summed E-state index contributed by atoms with van der Waals surface area (Å²) in [5.41, 5.74) is 3.97. The Balaban J connectivity index is 1.71. The zero-order valence-corrected chi connectivity index (χ0v) is 15.1. The normalized spacial score (nSPS) is 16.2. The zero-order valence-electron chi connectivity index (χ0n) is 15.1. The number of hydrogen-bond acceptors (Lipinski definition) is 5. The summed E-state index contributed by atoms with van der Waals surface area (Å²) in [7, 11) is 0. The largest absolute Gasteiger partial charge is 0.341 e. The van der Waals surface area contributed by atoms with Crippen LogP contribution in [0.2, 0.25) is 0 Å². The summed E-state index contributed by atoms with van der Waals surface area (Å²) >= 11 is 0. The van der Waals surface area contributed by atoms with E-state index >= 15 is 0 Å². The minimum Gasteiger partial charge on any atom is -0.341 e. The number of nitrogens with zero attached hydrogens (tertiary/aromatic N) is 4. The van der Waals surface area contributed by atoms with Crippen molar-refractivity contribution in [1.29, 1.82) is 0 Å². The van der Waals surface area contributed by atoms with E-state index in [4.69, 9.17) is 4.98 Å². The average Bonchev–Trinajstić information content (AvgIpc) is 2.64. The second kappa shape index (κ2) is 7.59. The minimum absolute atomic E-state index is 0.0463. The molecule has 1 N–H and O–H groups in total. The van der Waals surface area contributed by atoms with Crippen molar-refractivity contribution < 1.29 is 4.79 Å². The van der Waals surface area contributed by atoms with Crippen molar-refractivity contribution in [3.63, 3.8) is 0 Å². The number of carbonyl (C=O) groups excluding carboxylic acids is 1. The van der Waals surface area contributed by atoms with Crippen LogP contribution in [-0.4, -0.2) is 33.9 Å². The highest BCUT2D eigenvalue weighted by atomic mass is 16.1. The van der Waals surface area contributed by atoms with Crippen LogP contribution in [0.3, 0.4) is 0 Å². The standard InChI is InChI=1S/C19H25N5O/c1-4-24(5-2)19-21-11-15-10-14(6-7-16(15)23-19)18(25)22-17-12-20-9-8-13(17)3/h8-9,11-12,14H,4-7,10H2,1-3H3,(H,22,25). The molecule has 3 rings (SSSR count). The van der Waals surface area contributed by atoms with E-state index in [-0.39, 0.29) is 11.8 Å². The minimum atomic E-state index is -0.0463. The molecule has 1 amide bonds. The predicted octanol–water partition coefficient (Wildman–Crippen LogP) is 2.77. The number of carbonyl (C=O) groups is 1. The van der Waals surface area contributed by atoms with Crippen molar-refractivity contribution in [3.05, 3.63) is 41.5 Å². The molecule has 0 radical (unpaired) electrons. The lowest BCUT2D eigenvalue weighted by atomic mass is 9.86. The zero-order chi connectivity index (χ0) is 17.8. The third kappa shape index (κ3) is 3.78. The average molecular weight is 339 g/mol. The Morgan fingerprint density at radius 1 is 1.32 bits per heavy atom. The van der Waals surface area contributed by atoms with E-state index in [1.165, 1.54) is 0 Å². The molecule has 1 unspecified atom stereocenters. The van der Waals surface area contributed by atoms with Gasteiger partial charge in [0.1, 0.15) is 0 Å². The third-order valence-electron chi connectivity index (χ3n) is 4.85. The quantitative estimate of drug-likeness (QED) is 0.907. The molecule has 2 aromatic rings. The van der Waals surface area contributed by atoms with Crippen LogP contribution in [0, 0.1) is 12.8 Å². The first-order chi connectivity index (χ1) is 12.1. The summed E-state index contributed by atoms with van der Waals surface area (Å²) in [4.78, 5) is 28.1. The second-order valence-corrected chi connectivity index (χ2v) is 6.43. The highest BCUT2D eigenvalue weighted by Gasteiger charge is 2.26. The molecule has 0 aliphatic heterocycles. The fraction of sp³-hybridized carbons (Fsp3) is 0.474. The summed E-state index contributed by atoms with van der Waals surface area (Å²) in [6.07, 6.45) is 7.64. The molecule has 0 fully saturated rings. The van der Waals surface area contributed by atoms with Gasteiger partial charge >= 0.3 is 0 Å². The van der Waals surface area contributed by atoms with Crippen molar-refractivity contribution in [1.82, 2.24) is 15.0 Å². The van der Waals surface area contributed by atoms with Gasteiger partial charge in [0.25, 0.3) is 0 Å². The molecule has 2 aromatic heterocycles. The number of aromatic nitrogens is 3. The fourth-order valence-electron chi connectivity index (χ4n) is 3.21. The monoisotopic (exact) mass is 339 g/mol. The van der Waals surface area contributed by atoms with Crippen molar-refractivity contribution >= 4 is 17.5 Å². The number of pyridine rings is 1. The molecular formula is C19H25N5O. The van der Waals surface area contributed by atoms with E-state index in [9.17, 15) is 4.79 Å². The van der Waals surface area contributed by atoms with Crippen LogP contribution >= 0.6 is 0 Å². The van der Waals surface area contributed by atoms with E-state index in [0.29, 0.717) is 6.42 Å². The topological polar surface area (TPSA) is 71.0 Å². The molecule has 1 aliphatic carbocycles. The molecule has 1 atom stereocenters. The van der Waals surface area contributed by atoms with Gasteiger partial charge < -0.3 is 10.2 Å². The molecule has 6 heteroatoms. The van der Waals surface area contributed by atoms with Crippen LogP contribution < -0.4 is 10.2 Å². The Hall–Kier alpha value is -2.50. The molecule has 0 bridgehead atoms. The summed E-state index contributed by atoms with van der Waals surface area (Å²) in [5.74, 6) is 0.794. The first-order valence-electron chi connectivity index (χ1n) is 8.93. The predicted molar refractivity (Wildman–Crippen MR) is 98.7 cm³/mol. The number of anilines is 2. The van der Waals surface area contributed by atoms with E-state index in [0.717, 1.165) is 54.4 Å². The van der Waals surface area contributed by atoms with Crippen LogP contribution in [-0.2, 0) is 17.6 Å². The Kier molecular flexibility index (Phi) is 5.26. The number of fused-ring (bicyclic) bond motifs is 1. The molecule has 0 saturated heterocycles. The summed E-state index contributed by atoms with van der Waals surface area (Å²) in [6.45, 7) is 7.96.